The minimum Gasteiger partial charge on any atom is -0.367 e. The average molecular weight is 500 g/mol. The van der Waals surface area contributed by atoms with Crippen molar-refractivity contribution in [3.63, 3.8) is 0 Å². The number of sulfonamides is 1. The first kappa shape index (κ1) is 25.8. The molecule has 1 aliphatic carbocycles. The molecule has 8 heteroatoms. The molecule has 0 radical (unpaired) electrons. The van der Waals surface area contributed by atoms with Gasteiger partial charge in [-0.2, -0.15) is 4.31 Å². The van der Waals surface area contributed by atoms with Gasteiger partial charge in [0.15, 0.2) is 0 Å². The van der Waals surface area contributed by atoms with Gasteiger partial charge in [0.1, 0.15) is 6.61 Å². The zero-order valence-electron chi connectivity index (χ0n) is 20.7. The highest BCUT2D eigenvalue weighted by Crippen LogP contribution is 2.37. The smallest absolute Gasteiger partial charge is 0.246 e. The monoisotopic (exact) mass is 499 g/mol. The van der Waals surface area contributed by atoms with E-state index in [9.17, 15) is 13.2 Å². The largest absolute Gasteiger partial charge is 0.367 e. The van der Waals surface area contributed by atoms with Gasteiger partial charge in [-0.25, -0.2) is 8.42 Å². The van der Waals surface area contributed by atoms with E-state index in [2.05, 4.69) is 54.6 Å². The van der Waals surface area contributed by atoms with Crippen molar-refractivity contribution < 1.29 is 17.9 Å². The number of carbonyl (C=O) groups is 1. The van der Waals surface area contributed by atoms with Crippen LogP contribution in [0.4, 0.5) is 0 Å². The molecule has 1 aliphatic heterocycles. The number of benzene rings is 2. The van der Waals surface area contributed by atoms with Gasteiger partial charge in [0.25, 0.3) is 0 Å². The number of ether oxygens (including phenoxy) is 1. The molecule has 1 heterocycles. The molecule has 190 valence electrons. The van der Waals surface area contributed by atoms with E-state index in [1.807, 2.05) is 0 Å². The summed E-state index contributed by atoms with van der Waals surface area (Å²) in [7, 11) is 0.752. The Hall–Kier alpha value is -2.26. The third kappa shape index (κ3) is 6.50. The van der Waals surface area contributed by atoms with Gasteiger partial charge in [-0.05, 0) is 69.8 Å². The summed E-state index contributed by atoms with van der Waals surface area (Å²) in [6, 6.07) is 19.6. The van der Waals surface area contributed by atoms with Crippen LogP contribution in [0.3, 0.4) is 0 Å². The molecule has 0 bridgehead atoms. The van der Waals surface area contributed by atoms with E-state index in [1.54, 1.807) is 30.3 Å². The van der Waals surface area contributed by atoms with Crippen molar-refractivity contribution in [3.8, 4) is 0 Å². The van der Waals surface area contributed by atoms with Crippen LogP contribution in [0.25, 0.3) is 0 Å². The van der Waals surface area contributed by atoms with Crippen LogP contribution in [0.15, 0.2) is 65.6 Å². The predicted molar refractivity (Wildman–Crippen MR) is 136 cm³/mol. The van der Waals surface area contributed by atoms with Crippen molar-refractivity contribution in [1.82, 2.24) is 14.5 Å². The molecule has 2 atom stereocenters. The van der Waals surface area contributed by atoms with Crippen LogP contribution < -0.4 is 5.32 Å². The summed E-state index contributed by atoms with van der Waals surface area (Å²) in [4.78, 5) is 15.1. The number of amides is 1. The Labute approximate surface area is 209 Å². The summed E-state index contributed by atoms with van der Waals surface area (Å²) in [5.41, 5.74) is 1.35. The van der Waals surface area contributed by atoms with Gasteiger partial charge in [0, 0.05) is 25.2 Å². The fourth-order valence-corrected chi connectivity index (χ4v) is 6.99. The quantitative estimate of drug-likeness (QED) is 0.572. The Balaban J connectivity index is 1.20. The van der Waals surface area contributed by atoms with Gasteiger partial charge in [-0.15, -0.1) is 0 Å². The first-order valence-corrected chi connectivity index (χ1v) is 14.0. The molecule has 2 unspecified atom stereocenters. The van der Waals surface area contributed by atoms with E-state index in [-0.39, 0.29) is 36.1 Å². The van der Waals surface area contributed by atoms with E-state index >= 15 is 0 Å². The van der Waals surface area contributed by atoms with Crippen LogP contribution in [-0.4, -0.2) is 69.5 Å². The molecular weight excluding hydrogens is 462 g/mol. The summed E-state index contributed by atoms with van der Waals surface area (Å²) in [6.07, 6.45) is 4.38. The lowest BCUT2D eigenvalue weighted by Gasteiger charge is -2.37. The molecule has 1 amide bonds. The van der Waals surface area contributed by atoms with Crippen molar-refractivity contribution in [2.75, 3.05) is 33.8 Å². The van der Waals surface area contributed by atoms with Crippen molar-refractivity contribution in [2.45, 2.75) is 55.2 Å². The van der Waals surface area contributed by atoms with Crippen molar-refractivity contribution in [2.24, 2.45) is 5.92 Å². The van der Waals surface area contributed by atoms with Gasteiger partial charge >= 0.3 is 0 Å². The fourth-order valence-electron chi connectivity index (χ4n) is 5.48. The van der Waals surface area contributed by atoms with Gasteiger partial charge in [-0.1, -0.05) is 48.5 Å². The number of nitrogens with zero attached hydrogens (tertiary/aromatic N) is 2. The SMILES string of the molecule is CN(C)C(c1ccccc1)C1CCC(NC(=O)COC2CCN(S(=O)(=O)c3ccccc3)C2)CC1. The highest BCUT2D eigenvalue weighted by molar-refractivity contribution is 7.89. The van der Waals surface area contributed by atoms with Gasteiger partial charge in [-0.3, -0.25) is 4.79 Å². The lowest BCUT2D eigenvalue weighted by Crippen LogP contribution is -2.42. The highest BCUT2D eigenvalue weighted by atomic mass is 32.2. The molecule has 1 saturated carbocycles. The third-order valence-electron chi connectivity index (χ3n) is 7.22. The summed E-state index contributed by atoms with van der Waals surface area (Å²) in [6.45, 7) is 0.650. The normalized spacial score (nSPS) is 24.4. The number of hydrogen-bond donors (Lipinski definition) is 1. The van der Waals surface area contributed by atoms with Crippen LogP contribution in [0.5, 0.6) is 0 Å². The zero-order valence-corrected chi connectivity index (χ0v) is 21.5. The molecule has 2 aliphatic rings. The molecule has 2 aromatic carbocycles. The summed E-state index contributed by atoms with van der Waals surface area (Å²) >= 11 is 0. The van der Waals surface area contributed by atoms with E-state index < -0.39 is 10.0 Å². The molecule has 0 aromatic heterocycles. The predicted octanol–water partition coefficient (Wildman–Crippen LogP) is 3.44. The Kier molecular flexibility index (Phi) is 8.59. The van der Waals surface area contributed by atoms with Gasteiger partial charge < -0.3 is 15.0 Å². The van der Waals surface area contributed by atoms with E-state index in [0.717, 1.165) is 25.7 Å². The molecule has 0 spiro atoms. The second kappa shape index (κ2) is 11.6. The fraction of sp³-hybridized carbons (Fsp3) is 0.519. The second-order valence-corrected chi connectivity index (χ2v) is 11.8. The molecule has 35 heavy (non-hydrogen) atoms. The van der Waals surface area contributed by atoms with Crippen molar-refractivity contribution >= 4 is 15.9 Å². The Morgan fingerprint density at radius 2 is 1.63 bits per heavy atom. The molecule has 4 rings (SSSR count). The topological polar surface area (TPSA) is 79.0 Å². The minimum atomic E-state index is -3.52. The lowest BCUT2D eigenvalue weighted by molar-refractivity contribution is -0.128. The molecule has 2 aromatic rings. The van der Waals surface area contributed by atoms with Crippen LogP contribution >= 0.6 is 0 Å². The van der Waals surface area contributed by atoms with Gasteiger partial charge in [0.2, 0.25) is 15.9 Å². The highest BCUT2D eigenvalue weighted by Gasteiger charge is 2.34. The maximum atomic E-state index is 12.8. The van der Waals surface area contributed by atoms with Crippen molar-refractivity contribution in [3.05, 3.63) is 66.2 Å². The number of carbonyl (C=O) groups excluding carboxylic acids is 1. The Bertz CT molecular complexity index is 1050. The third-order valence-corrected chi connectivity index (χ3v) is 9.10. The molecular formula is C27H37N3O4S. The molecule has 7 nitrogen and oxygen atoms in total. The van der Waals surface area contributed by atoms with E-state index in [4.69, 9.17) is 4.74 Å². The zero-order chi connectivity index (χ0) is 24.8. The molecule has 1 N–H and O–H groups in total. The Morgan fingerprint density at radius 3 is 2.26 bits per heavy atom. The maximum Gasteiger partial charge on any atom is 0.246 e. The van der Waals surface area contributed by atoms with Gasteiger partial charge in [0.05, 0.1) is 11.0 Å². The van der Waals surface area contributed by atoms with Crippen molar-refractivity contribution in [1.29, 1.82) is 0 Å². The second-order valence-electron chi connectivity index (χ2n) is 9.90. The molecule has 2 fully saturated rings. The lowest BCUT2D eigenvalue weighted by atomic mass is 9.78. The standard InChI is InChI=1S/C27H37N3O4S/c1-29(2)27(21-9-5-3-6-10-21)22-13-15-23(16-14-22)28-26(31)20-34-24-17-18-30(19-24)35(32,33)25-11-7-4-8-12-25/h3-12,22-24,27H,13-20H2,1-2H3,(H,28,31). The summed E-state index contributed by atoms with van der Waals surface area (Å²) in [5.74, 6) is 0.442. The first-order valence-electron chi connectivity index (χ1n) is 12.5. The maximum absolute atomic E-state index is 12.8. The number of nitrogens with one attached hydrogen (secondary N) is 1. The van der Waals surface area contributed by atoms with Crippen LogP contribution in [-0.2, 0) is 19.6 Å². The van der Waals surface area contributed by atoms with Crippen LogP contribution in [0.1, 0.15) is 43.7 Å². The minimum absolute atomic E-state index is 0.0336. The summed E-state index contributed by atoms with van der Waals surface area (Å²) in [5, 5.41) is 3.13. The van der Waals surface area contributed by atoms with E-state index in [1.165, 1.54) is 9.87 Å². The number of hydrogen-bond acceptors (Lipinski definition) is 5. The average Bonchev–Trinajstić information content (AvgIpc) is 3.35. The Morgan fingerprint density at radius 1 is 1.00 bits per heavy atom. The van der Waals surface area contributed by atoms with Crippen LogP contribution in [0.2, 0.25) is 0 Å². The molecule has 1 saturated heterocycles. The van der Waals surface area contributed by atoms with Crippen LogP contribution in [0, 0.1) is 5.92 Å². The number of rotatable bonds is 9. The first-order chi connectivity index (χ1) is 16.8. The van der Waals surface area contributed by atoms with E-state index in [0.29, 0.717) is 24.9 Å². The summed E-state index contributed by atoms with van der Waals surface area (Å²) < 4.78 is 32.8.